The number of benzene rings is 2. The summed E-state index contributed by atoms with van der Waals surface area (Å²) in [5.74, 6) is -0.00292. The van der Waals surface area contributed by atoms with Gasteiger partial charge in [-0.3, -0.25) is 9.59 Å². The summed E-state index contributed by atoms with van der Waals surface area (Å²) < 4.78 is 26.3. The normalized spacial score (nSPS) is 15.2. The highest BCUT2D eigenvalue weighted by atomic mass is 19.1. The molecule has 33 heavy (non-hydrogen) atoms. The summed E-state index contributed by atoms with van der Waals surface area (Å²) in [5, 5.41) is 13.1. The van der Waals surface area contributed by atoms with Gasteiger partial charge in [-0.05, 0) is 61.1 Å². The van der Waals surface area contributed by atoms with Crippen molar-refractivity contribution in [1.82, 2.24) is 9.88 Å². The quantitative estimate of drug-likeness (QED) is 0.544. The summed E-state index contributed by atoms with van der Waals surface area (Å²) in [4.78, 5) is 24.0. The lowest BCUT2D eigenvalue weighted by Crippen LogP contribution is -2.39. The number of aromatic nitrogens is 1. The van der Waals surface area contributed by atoms with Crippen LogP contribution in [0.25, 0.3) is 10.9 Å². The first-order valence-electron chi connectivity index (χ1n) is 10.9. The van der Waals surface area contributed by atoms with E-state index in [-0.39, 0.29) is 24.3 Å². The Bertz CT molecular complexity index is 1200. The highest BCUT2D eigenvalue weighted by Crippen LogP contribution is 2.33. The lowest BCUT2D eigenvalue weighted by atomic mass is 9.91. The number of amides is 1. The Morgan fingerprint density at radius 2 is 2.00 bits per heavy atom. The van der Waals surface area contributed by atoms with Crippen molar-refractivity contribution < 1.29 is 28.6 Å². The van der Waals surface area contributed by atoms with Gasteiger partial charge >= 0.3 is 5.97 Å². The number of carbonyl (C=O) groups is 2. The molecule has 0 saturated carbocycles. The van der Waals surface area contributed by atoms with Crippen molar-refractivity contribution in [3.05, 3.63) is 59.0 Å². The molecule has 7 nitrogen and oxygen atoms in total. The number of carbonyl (C=O) groups excluding carboxylic acids is 1. The van der Waals surface area contributed by atoms with Gasteiger partial charge in [-0.15, -0.1) is 0 Å². The first kappa shape index (κ1) is 22.6. The predicted molar refractivity (Wildman–Crippen MR) is 121 cm³/mol. The van der Waals surface area contributed by atoms with Crippen LogP contribution in [0.3, 0.4) is 0 Å². The van der Waals surface area contributed by atoms with E-state index in [0.717, 1.165) is 16.8 Å². The van der Waals surface area contributed by atoms with E-state index >= 15 is 0 Å². The summed E-state index contributed by atoms with van der Waals surface area (Å²) >= 11 is 0. The van der Waals surface area contributed by atoms with Crippen molar-refractivity contribution in [2.24, 2.45) is 0 Å². The molecule has 0 fully saturated rings. The Morgan fingerprint density at radius 1 is 1.18 bits per heavy atom. The van der Waals surface area contributed by atoms with Crippen LogP contribution in [-0.2, 0) is 35.4 Å². The molecule has 1 atom stereocenters. The molecule has 1 aromatic heterocycles. The summed E-state index contributed by atoms with van der Waals surface area (Å²) in [6.45, 7) is -0.168. The number of hydrogen-bond acceptors (Lipinski definition) is 4. The van der Waals surface area contributed by atoms with E-state index in [1.165, 1.54) is 12.1 Å². The Balaban J connectivity index is 1.46. The van der Waals surface area contributed by atoms with Gasteiger partial charge in [0.1, 0.15) is 23.9 Å². The number of carboxylic acid groups (broad SMARTS) is 1. The third-order valence-corrected chi connectivity index (χ3v) is 6.20. The third-order valence-electron chi connectivity index (χ3n) is 6.20. The zero-order valence-corrected chi connectivity index (χ0v) is 18.7. The minimum Gasteiger partial charge on any atom is -0.497 e. The van der Waals surface area contributed by atoms with Crippen LogP contribution in [-0.4, -0.2) is 41.8 Å². The molecule has 174 valence electrons. The van der Waals surface area contributed by atoms with Gasteiger partial charge in [-0.25, -0.2) is 4.39 Å². The number of methoxy groups -OCH3 is 2. The number of nitrogens with zero attached hydrogens (tertiary/aromatic N) is 1. The minimum atomic E-state index is -0.941. The molecule has 4 rings (SSSR count). The van der Waals surface area contributed by atoms with E-state index in [9.17, 15) is 19.1 Å². The van der Waals surface area contributed by atoms with Crippen molar-refractivity contribution in [3.8, 4) is 11.5 Å². The second-order valence-electron chi connectivity index (χ2n) is 8.25. The second-order valence-corrected chi connectivity index (χ2v) is 8.25. The number of rotatable bonds is 8. The lowest BCUT2D eigenvalue weighted by molar-refractivity contribution is -0.137. The maximum atomic E-state index is 13.9. The Hall–Kier alpha value is -3.55. The number of nitrogens with one attached hydrogen (secondary N) is 1. The van der Waals surface area contributed by atoms with E-state index in [2.05, 4.69) is 5.32 Å². The minimum absolute atomic E-state index is 0.0678. The van der Waals surface area contributed by atoms with E-state index in [0.29, 0.717) is 54.5 Å². The maximum Gasteiger partial charge on any atom is 0.323 e. The van der Waals surface area contributed by atoms with Gasteiger partial charge in [0.25, 0.3) is 0 Å². The summed E-state index contributed by atoms with van der Waals surface area (Å²) in [7, 11) is 3.17. The Kier molecular flexibility index (Phi) is 6.53. The first-order chi connectivity index (χ1) is 15.9. The van der Waals surface area contributed by atoms with E-state index < -0.39 is 5.97 Å². The fraction of sp³-hybridized carbons (Fsp3) is 0.360. The predicted octanol–water partition coefficient (Wildman–Crippen LogP) is 3.49. The second kappa shape index (κ2) is 9.52. The molecule has 8 heteroatoms. The Morgan fingerprint density at radius 3 is 2.73 bits per heavy atom. The van der Waals surface area contributed by atoms with Crippen LogP contribution in [0.2, 0.25) is 0 Å². The molecule has 1 heterocycles. The zero-order valence-electron chi connectivity index (χ0n) is 18.7. The van der Waals surface area contributed by atoms with Gasteiger partial charge in [0.05, 0.1) is 14.2 Å². The molecule has 0 saturated heterocycles. The number of hydrogen-bond donors (Lipinski definition) is 2. The average molecular weight is 454 g/mol. The highest BCUT2D eigenvalue weighted by molar-refractivity contribution is 5.87. The first-order valence-corrected chi connectivity index (χ1v) is 10.9. The molecule has 3 aromatic rings. The van der Waals surface area contributed by atoms with Crippen molar-refractivity contribution in [3.63, 3.8) is 0 Å². The van der Waals surface area contributed by atoms with Gasteiger partial charge in [-0.2, -0.15) is 0 Å². The molecule has 1 aliphatic carbocycles. The molecule has 1 amide bonds. The molecule has 2 aromatic carbocycles. The topological polar surface area (TPSA) is 89.8 Å². The smallest absolute Gasteiger partial charge is 0.323 e. The van der Waals surface area contributed by atoms with Gasteiger partial charge in [-0.1, -0.05) is 6.07 Å². The number of aryl methyl sites for hydroxylation is 1. The van der Waals surface area contributed by atoms with Crippen molar-refractivity contribution in [1.29, 1.82) is 0 Å². The van der Waals surface area contributed by atoms with Crippen LogP contribution in [0.1, 0.15) is 29.7 Å². The summed E-state index contributed by atoms with van der Waals surface area (Å²) in [6.07, 6.45) is 2.69. The van der Waals surface area contributed by atoms with Crippen LogP contribution in [0, 0.1) is 5.82 Å². The van der Waals surface area contributed by atoms with Crippen molar-refractivity contribution >= 4 is 22.8 Å². The van der Waals surface area contributed by atoms with Crippen molar-refractivity contribution in [2.45, 2.75) is 44.7 Å². The van der Waals surface area contributed by atoms with Crippen LogP contribution < -0.4 is 14.8 Å². The summed E-state index contributed by atoms with van der Waals surface area (Å²) in [5.41, 5.74) is 3.46. The SMILES string of the molecule is COc1ccc(CCC(=O)NC2CCc3c(c4cc(F)ccc4n3CC(=O)O)C2)c(OC)c1. The third kappa shape index (κ3) is 4.79. The molecular formula is C25H27FN2O5. The molecule has 1 unspecified atom stereocenters. The number of fused-ring (bicyclic) bond motifs is 3. The fourth-order valence-corrected chi connectivity index (χ4v) is 4.67. The standard InChI is InChI=1S/C25H27FN2O5/c1-32-18-7-3-15(23(13-18)33-2)4-10-24(29)27-17-6-9-22-20(12-17)19-11-16(26)5-8-21(19)28(22)14-25(30)31/h3,5,7-8,11,13,17H,4,6,9-10,12,14H2,1-2H3,(H,27,29)(H,30,31). The molecule has 0 spiro atoms. The molecule has 0 bridgehead atoms. The zero-order chi connectivity index (χ0) is 23.5. The molecule has 0 radical (unpaired) electrons. The highest BCUT2D eigenvalue weighted by Gasteiger charge is 2.27. The number of carboxylic acids is 1. The van der Waals surface area contributed by atoms with Crippen LogP contribution in [0.5, 0.6) is 11.5 Å². The fourth-order valence-electron chi connectivity index (χ4n) is 4.67. The summed E-state index contributed by atoms with van der Waals surface area (Å²) in [6, 6.07) is 9.86. The van der Waals surface area contributed by atoms with Crippen LogP contribution >= 0.6 is 0 Å². The van der Waals surface area contributed by atoms with Gasteiger partial charge in [0, 0.05) is 35.1 Å². The van der Waals surface area contributed by atoms with E-state index in [4.69, 9.17) is 9.47 Å². The monoisotopic (exact) mass is 454 g/mol. The van der Waals surface area contributed by atoms with Gasteiger partial charge < -0.3 is 24.5 Å². The van der Waals surface area contributed by atoms with E-state index in [1.807, 2.05) is 12.1 Å². The number of ether oxygens (including phenoxy) is 2. The van der Waals surface area contributed by atoms with Gasteiger partial charge in [0.2, 0.25) is 5.91 Å². The molecule has 2 N–H and O–H groups in total. The number of aliphatic carboxylic acids is 1. The average Bonchev–Trinajstić information content (AvgIpc) is 3.09. The molecular weight excluding hydrogens is 427 g/mol. The number of halogens is 1. The Labute approximate surface area is 191 Å². The molecule has 1 aliphatic rings. The van der Waals surface area contributed by atoms with Crippen molar-refractivity contribution in [2.75, 3.05) is 14.2 Å². The van der Waals surface area contributed by atoms with E-state index in [1.54, 1.807) is 30.9 Å². The maximum absolute atomic E-state index is 13.9. The van der Waals surface area contributed by atoms with Crippen LogP contribution in [0.4, 0.5) is 4.39 Å². The van der Waals surface area contributed by atoms with Crippen LogP contribution in [0.15, 0.2) is 36.4 Å². The lowest BCUT2D eigenvalue weighted by Gasteiger charge is -2.25. The van der Waals surface area contributed by atoms with Gasteiger partial charge in [0.15, 0.2) is 0 Å². The largest absolute Gasteiger partial charge is 0.497 e. The molecule has 0 aliphatic heterocycles.